The van der Waals surface area contributed by atoms with Gasteiger partial charge in [0.1, 0.15) is 11.5 Å². The molecule has 4 aromatic rings. The lowest BCUT2D eigenvalue weighted by molar-refractivity contribution is 0.102. The monoisotopic (exact) mass is 386 g/mol. The standard InChI is InChI=1S/C23H22N4O2/c1-15-4-6-18(7-5-15)22(28)25-20-10-8-19(9-11-20)23-26-21(17(3)29-23)14-27-13-16(2)12-24-27/h4-13H,14H2,1-3H3,(H,25,28). The molecule has 1 N–H and O–H groups in total. The van der Waals surface area contributed by atoms with Crippen LogP contribution in [0.5, 0.6) is 0 Å². The molecule has 0 atom stereocenters. The van der Waals surface area contributed by atoms with Crippen LogP contribution in [0.1, 0.15) is 32.9 Å². The molecule has 0 spiro atoms. The molecule has 0 aliphatic carbocycles. The molecule has 0 saturated carbocycles. The first kappa shape index (κ1) is 18.7. The van der Waals surface area contributed by atoms with Crippen molar-refractivity contribution < 1.29 is 9.21 Å². The minimum atomic E-state index is -0.137. The molecule has 146 valence electrons. The summed E-state index contributed by atoms with van der Waals surface area (Å²) in [4.78, 5) is 17.0. The van der Waals surface area contributed by atoms with Gasteiger partial charge in [0.15, 0.2) is 0 Å². The van der Waals surface area contributed by atoms with Crippen LogP contribution in [0.2, 0.25) is 0 Å². The number of hydrogen-bond acceptors (Lipinski definition) is 4. The Labute approximate surface area is 169 Å². The SMILES string of the molecule is Cc1ccc(C(=O)Nc2ccc(-c3nc(Cn4cc(C)cn4)c(C)o3)cc2)cc1. The predicted molar refractivity (Wildman–Crippen MR) is 112 cm³/mol. The number of carbonyl (C=O) groups is 1. The van der Waals surface area contributed by atoms with Crippen LogP contribution in [-0.4, -0.2) is 20.7 Å². The fourth-order valence-corrected chi connectivity index (χ4v) is 3.01. The third kappa shape index (κ3) is 4.27. The van der Waals surface area contributed by atoms with Crippen molar-refractivity contribution in [2.24, 2.45) is 0 Å². The smallest absolute Gasteiger partial charge is 0.255 e. The molecule has 0 unspecified atom stereocenters. The van der Waals surface area contributed by atoms with Crippen molar-refractivity contribution in [1.82, 2.24) is 14.8 Å². The van der Waals surface area contributed by atoms with E-state index in [9.17, 15) is 4.79 Å². The Kier molecular flexibility index (Phi) is 4.99. The van der Waals surface area contributed by atoms with E-state index in [0.29, 0.717) is 18.0 Å². The van der Waals surface area contributed by atoms with Gasteiger partial charge in [0.25, 0.3) is 5.91 Å². The van der Waals surface area contributed by atoms with Gasteiger partial charge in [-0.2, -0.15) is 5.10 Å². The van der Waals surface area contributed by atoms with Gasteiger partial charge >= 0.3 is 0 Å². The lowest BCUT2D eigenvalue weighted by Crippen LogP contribution is -2.11. The molecule has 2 aromatic heterocycles. The van der Waals surface area contributed by atoms with E-state index in [1.54, 1.807) is 0 Å². The van der Waals surface area contributed by atoms with Gasteiger partial charge in [-0.1, -0.05) is 17.7 Å². The normalized spacial score (nSPS) is 10.9. The Morgan fingerprint density at radius 1 is 1.00 bits per heavy atom. The summed E-state index contributed by atoms with van der Waals surface area (Å²) in [5.41, 5.74) is 5.27. The molecule has 4 rings (SSSR count). The van der Waals surface area contributed by atoms with E-state index in [1.165, 1.54) is 0 Å². The lowest BCUT2D eigenvalue weighted by Gasteiger charge is -2.06. The fraction of sp³-hybridized carbons (Fsp3) is 0.174. The average Bonchev–Trinajstić information content (AvgIpc) is 3.28. The molecule has 0 radical (unpaired) electrons. The van der Waals surface area contributed by atoms with Crippen molar-refractivity contribution in [2.45, 2.75) is 27.3 Å². The van der Waals surface area contributed by atoms with Crippen molar-refractivity contribution >= 4 is 11.6 Å². The molecule has 2 aromatic carbocycles. The molecular weight excluding hydrogens is 364 g/mol. The number of aryl methyl sites for hydroxylation is 3. The molecule has 1 amide bonds. The summed E-state index contributed by atoms with van der Waals surface area (Å²) in [6, 6.07) is 14.9. The predicted octanol–water partition coefficient (Wildman–Crippen LogP) is 4.76. The second-order valence-electron chi connectivity index (χ2n) is 7.13. The van der Waals surface area contributed by atoms with Gasteiger partial charge in [-0.3, -0.25) is 9.48 Å². The van der Waals surface area contributed by atoms with Crippen LogP contribution in [0, 0.1) is 20.8 Å². The number of oxazole rings is 1. The summed E-state index contributed by atoms with van der Waals surface area (Å²) in [6.07, 6.45) is 3.79. The fourth-order valence-electron chi connectivity index (χ4n) is 3.01. The van der Waals surface area contributed by atoms with Gasteiger partial charge in [-0.15, -0.1) is 0 Å². The number of rotatable bonds is 5. The van der Waals surface area contributed by atoms with Crippen molar-refractivity contribution in [3.8, 4) is 11.5 Å². The maximum Gasteiger partial charge on any atom is 0.255 e. The molecule has 29 heavy (non-hydrogen) atoms. The minimum Gasteiger partial charge on any atom is -0.441 e. The molecule has 0 bridgehead atoms. The van der Waals surface area contributed by atoms with E-state index in [-0.39, 0.29) is 5.91 Å². The summed E-state index contributed by atoms with van der Waals surface area (Å²) in [5.74, 6) is 1.18. The molecule has 0 aliphatic rings. The van der Waals surface area contributed by atoms with Crippen LogP contribution in [-0.2, 0) is 6.54 Å². The highest BCUT2D eigenvalue weighted by Crippen LogP contribution is 2.24. The highest BCUT2D eigenvalue weighted by atomic mass is 16.4. The first-order valence-corrected chi connectivity index (χ1v) is 9.42. The first-order valence-electron chi connectivity index (χ1n) is 9.42. The van der Waals surface area contributed by atoms with Crippen molar-refractivity contribution in [3.05, 3.63) is 89.1 Å². The van der Waals surface area contributed by atoms with E-state index in [4.69, 9.17) is 4.42 Å². The van der Waals surface area contributed by atoms with E-state index in [1.807, 2.05) is 86.4 Å². The van der Waals surface area contributed by atoms with Crippen LogP contribution in [0.4, 0.5) is 5.69 Å². The highest BCUT2D eigenvalue weighted by Gasteiger charge is 2.13. The largest absolute Gasteiger partial charge is 0.441 e. The Hall–Kier alpha value is -3.67. The summed E-state index contributed by atoms with van der Waals surface area (Å²) >= 11 is 0. The molecule has 0 saturated heterocycles. The number of hydrogen-bond donors (Lipinski definition) is 1. The zero-order valence-corrected chi connectivity index (χ0v) is 16.6. The van der Waals surface area contributed by atoms with Gasteiger partial charge in [0, 0.05) is 23.0 Å². The Balaban J connectivity index is 1.47. The van der Waals surface area contributed by atoms with Crippen LogP contribution < -0.4 is 5.32 Å². The highest BCUT2D eigenvalue weighted by molar-refractivity contribution is 6.04. The molecule has 6 nitrogen and oxygen atoms in total. The molecule has 0 aliphatic heterocycles. The number of nitrogens with zero attached hydrogens (tertiary/aromatic N) is 3. The van der Waals surface area contributed by atoms with Gasteiger partial charge in [-0.25, -0.2) is 4.98 Å². The number of carbonyl (C=O) groups excluding carboxylic acids is 1. The van der Waals surface area contributed by atoms with Gasteiger partial charge in [0.05, 0.1) is 12.7 Å². The van der Waals surface area contributed by atoms with E-state index < -0.39 is 0 Å². The summed E-state index contributed by atoms with van der Waals surface area (Å²) in [6.45, 7) is 6.46. The van der Waals surface area contributed by atoms with Crippen LogP contribution in [0.3, 0.4) is 0 Å². The minimum absolute atomic E-state index is 0.137. The van der Waals surface area contributed by atoms with Gasteiger partial charge in [-0.05, 0) is 62.7 Å². The lowest BCUT2D eigenvalue weighted by atomic mass is 10.1. The summed E-state index contributed by atoms with van der Waals surface area (Å²) in [7, 11) is 0. The molecule has 0 fully saturated rings. The number of anilines is 1. The average molecular weight is 386 g/mol. The van der Waals surface area contributed by atoms with Crippen molar-refractivity contribution in [2.75, 3.05) is 5.32 Å². The number of nitrogens with one attached hydrogen (secondary N) is 1. The third-order valence-electron chi connectivity index (χ3n) is 4.67. The van der Waals surface area contributed by atoms with Crippen LogP contribution >= 0.6 is 0 Å². The Morgan fingerprint density at radius 3 is 2.38 bits per heavy atom. The molecule has 6 heteroatoms. The van der Waals surface area contributed by atoms with E-state index >= 15 is 0 Å². The van der Waals surface area contributed by atoms with Crippen molar-refractivity contribution in [3.63, 3.8) is 0 Å². The van der Waals surface area contributed by atoms with E-state index in [0.717, 1.165) is 33.8 Å². The van der Waals surface area contributed by atoms with E-state index in [2.05, 4.69) is 15.4 Å². The summed E-state index contributed by atoms with van der Waals surface area (Å²) < 4.78 is 7.68. The first-order chi connectivity index (χ1) is 14.0. The zero-order valence-electron chi connectivity index (χ0n) is 16.6. The Morgan fingerprint density at radius 2 is 1.72 bits per heavy atom. The quantitative estimate of drug-likeness (QED) is 0.536. The van der Waals surface area contributed by atoms with Crippen LogP contribution in [0.25, 0.3) is 11.5 Å². The number of amides is 1. The maximum absolute atomic E-state index is 12.4. The maximum atomic E-state index is 12.4. The second-order valence-corrected chi connectivity index (χ2v) is 7.13. The van der Waals surface area contributed by atoms with Crippen molar-refractivity contribution in [1.29, 1.82) is 0 Å². The molecular formula is C23H22N4O2. The summed E-state index contributed by atoms with van der Waals surface area (Å²) in [5, 5.41) is 7.20. The number of aromatic nitrogens is 3. The third-order valence-corrected chi connectivity index (χ3v) is 4.67. The molecule has 2 heterocycles. The number of benzene rings is 2. The van der Waals surface area contributed by atoms with Gasteiger partial charge in [0.2, 0.25) is 5.89 Å². The zero-order chi connectivity index (χ0) is 20.4. The van der Waals surface area contributed by atoms with Crippen LogP contribution in [0.15, 0.2) is 65.3 Å². The topological polar surface area (TPSA) is 73.0 Å². The Bertz CT molecular complexity index is 1140. The second kappa shape index (κ2) is 7.75. The van der Waals surface area contributed by atoms with Gasteiger partial charge < -0.3 is 9.73 Å².